The number of aromatic nitrogens is 1. The molecule has 28 heavy (non-hydrogen) atoms. The van der Waals surface area contributed by atoms with Crippen LogP contribution in [0.4, 0.5) is 4.39 Å². The molecule has 3 rings (SSSR count). The molecule has 1 heterocycles. The van der Waals surface area contributed by atoms with Crippen LogP contribution in [0.1, 0.15) is 29.0 Å². The van der Waals surface area contributed by atoms with Crippen LogP contribution >= 0.6 is 11.3 Å². The highest BCUT2D eigenvalue weighted by Crippen LogP contribution is 2.39. The highest BCUT2D eigenvalue weighted by molar-refractivity contribution is 7.13. The molecule has 0 spiro atoms. The molecule has 0 N–H and O–H groups in total. The summed E-state index contributed by atoms with van der Waals surface area (Å²) in [5.74, 6) is 0.666. The molecule has 0 aliphatic carbocycles. The van der Waals surface area contributed by atoms with E-state index in [1.54, 1.807) is 49.7 Å². The van der Waals surface area contributed by atoms with Crippen LogP contribution in [-0.2, 0) is 0 Å². The van der Waals surface area contributed by atoms with E-state index < -0.39 is 0 Å². The first-order valence-electron chi connectivity index (χ1n) is 8.65. The molecule has 5 nitrogen and oxygen atoms in total. The van der Waals surface area contributed by atoms with Gasteiger partial charge in [-0.2, -0.15) is 0 Å². The first-order chi connectivity index (χ1) is 13.5. The molecule has 7 heteroatoms. The van der Waals surface area contributed by atoms with E-state index in [-0.39, 0.29) is 17.8 Å². The highest BCUT2D eigenvalue weighted by Gasteiger charge is 2.23. The van der Waals surface area contributed by atoms with Crippen molar-refractivity contribution in [2.45, 2.75) is 13.0 Å². The van der Waals surface area contributed by atoms with Crippen molar-refractivity contribution in [1.29, 1.82) is 0 Å². The second kappa shape index (κ2) is 8.39. The number of hydrogen-bond donors (Lipinski definition) is 0. The third-order valence-corrected chi connectivity index (χ3v) is 5.49. The van der Waals surface area contributed by atoms with E-state index in [9.17, 15) is 9.18 Å². The third-order valence-electron chi connectivity index (χ3n) is 4.61. The van der Waals surface area contributed by atoms with Gasteiger partial charge in [-0.1, -0.05) is 18.2 Å². The molecule has 1 aromatic heterocycles. The van der Waals surface area contributed by atoms with Gasteiger partial charge in [-0.3, -0.25) is 4.79 Å². The van der Waals surface area contributed by atoms with Gasteiger partial charge >= 0.3 is 0 Å². The van der Waals surface area contributed by atoms with Crippen LogP contribution < -0.4 is 9.47 Å². The maximum absolute atomic E-state index is 13.1. The predicted octanol–water partition coefficient (Wildman–Crippen LogP) is 4.80. The van der Waals surface area contributed by atoms with Gasteiger partial charge in [0.25, 0.3) is 5.91 Å². The molecule has 0 aliphatic rings. The number of thiazole rings is 1. The summed E-state index contributed by atoms with van der Waals surface area (Å²) in [6.07, 6.45) is 0. The third kappa shape index (κ3) is 3.84. The molecular formula is C21H21FN2O3S. The van der Waals surface area contributed by atoms with Gasteiger partial charge in [-0.25, -0.2) is 9.37 Å². The van der Waals surface area contributed by atoms with Crippen molar-refractivity contribution < 1.29 is 18.7 Å². The maximum atomic E-state index is 13.1. The van der Waals surface area contributed by atoms with E-state index in [2.05, 4.69) is 4.98 Å². The fraction of sp³-hybridized carbons (Fsp3) is 0.238. The standard InChI is InChI=1S/C21H21FN2O3S/c1-13(14-8-10-15(22)11-9-14)24(2)21(25)17-12-28-20(23-17)16-6-5-7-18(26-3)19(16)27-4/h5-13H,1-4H3. The van der Waals surface area contributed by atoms with E-state index in [1.165, 1.54) is 23.5 Å². The summed E-state index contributed by atoms with van der Waals surface area (Å²) in [7, 11) is 4.85. The molecule has 1 unspecified atom stereocenters. The smallest absolute Gasteiger partial charge is 0.273 e. The number of amides is 1. The quantitative estimate of drug-likeness (QED) is 0.596. The van der Waals surface area contributed by atoms with E-state index >= 15 is 0 Å². The van der Waals surface area contributed by atoms with E-state index in [4.69, 9.17) is 9.47 Å². The summed E-state index contributed by atoms with van der Waals surface area (Å²) >= 11 is 1.36. The number of carbonyl (C=O) groups is 1. The minimum atomic E-state index is -0.304. The van der Waals surface area contributed by atoms with Crippen LogP contribution in [0.3, 0.4) is 0 Å². The van der Waals surface area contributed by atoms with Gasteiger partial charge in [-0.05, 0) is 36.8 Å². The summed E-state index contributed by atoms with van der Waals surface area (Å²) in [6.45, 7) is 1.89. The molecule has 0 fully saturated rings. The Morgan fingerprint density at radius 3 is 2.50 bits per heavy atom. The number of benzene rings is 2. The van der Waals surface area contributed by atoms with E-state index in [0.29, 0.717) is 22.2 Å². The van der Waals surface area contributed by atoms with Crippen molar-refractivity contribution in [2.24, 2.45) is 0 Å². The molecule has 0 bridgehead atoms. The Hall–Kier alpha value is -2.93. The normalized spacial score (nSPS) is 11.8. The molecule has 0 saturated carbocycles. The number of para-hydroxylation sites is 1. The molecule has 1 amide bonds. The first-order valence-corrected chi connectivity index (χ1v) is 9.53. The van der Waals surface area contributed by atoms with Gasteiger partial charge < -0.3 is 14.4 Å². The monoisotopic (exact) mass is 400 g/mol. The number of ether oxygens (including phenoxy) is 2. The summed E-state index contributed by atoms with van der Waals surface area (Å²) in [6, 6.07) is 11.4. The van der Waals surface area contributed by atoms with E-state index in [1.807, 2.05) is 19.1 Å². The van der Waals surface area contributed by atoms with Crippen LogP contribution in [-0.4, -0.2) is 37.1 Å². The van der Waals surface area contributed by atoms with Crippen molar-refractivity contribution in [2.75, 3.05) is 21.3 Å². The first kappa shape index (κ1) is 19.8. The molecule has 1 atom stereocenters. The van der Waals surface area contributed by atoms with Crippen molar-refractivity contribution in [1.82, 2.24) is 9.88 Å². The maximum Gasteiger partial charge on any atom is 0.273 e. The van der Waals surface area contributed by atoms with Crippen molar-refractivity contribution >= 4 is 17.2 Å². The topological polar surface area (TPSA) is 51.7 Å². The Kier molecular flexibility index (Phi) is 5.94. The molecule has 0 aliphatic heterocycles. The van der Waals surface area contributed by atoms with Gasteiger partial charge in [0.05, 0.1) is 25.8 Å². The minimum absolute atomic E-state index is 0.207. The summed E-state index contributed by atoms with van der Waals surface area (Å²) in [4.78, 5) is 19.0. The fourth-order valence-electron chi connectivity index (χ4n) is 2.87. The van der Waals surface area contributed by atoms with Crippen LogP contribution in [0.2, 0.25) is 0 Å². The molecule has 2 aromatic carbocycles. The van der Waals surface area contributed by atoms with Gasteiger partial charge in [-0.15, -0.1) is 11.3 Å². The molecule has 0 radical (unpaired) electrons. The van der Waals surface area contributed by atoms with Crippen LogP contribution in [0, 0.1) is 5.82 Å². The number of halogens is 1. The zero-order valence-corrected chi connectivity index (χ0v) is 16.9. The molecule has 3 aromatic rings. The largest absolute Gasteiger partial charge is 0.493 e. The van der Waals surface area contributed by atoms with Crippen molar-refractivity contribution in [3.05, 3.63) is 64.9 Å². The highest BCUT2D eigenvalue weighted by atomic mass is 32.1. The average Bonchev–Trinajstić information content (AvgIpc) is 3.22. The predicted molar refractivity (Wildman–Crippen MR) is 108 cm³/mol. The Labute approximate surface area is 167 Å². The molecule has 0 saturated heterocycles. The van der Waals surface area contributed by atoms with Crippen LogP contribution in [0.25, 0.3) is 10.6 Å². The zero-order chi connectivity index (χ0) is 20.3. The van der Waals surface area contributed by atoms with Gasteiger partial charge in [0, 0.05) is 12.4 Å². The summed E-state index contributed by atoms with van der Waals surface area (Å²) in [5.41, 5.74) is 1.96. The van der Waals surface area contributed by atoms with Crippen LogP contribution in [0.15, 0.2) is 47.8 Å². The number of carbonyl (C=O) groups excluding carboxylic acids is 1. The van der Waals surface area contributed by atoms with Gasteiger partial charge in [0.2, 0.25) is 0 Å². The lowest BCUT2D eigenvalue weighted by molar-refractivity contribution is 0.0737. The minimum Gasteiger partial charge on any atom is -0.493 e. The van der Waals surface area contributed by atoms with Gasteiger partial charge in [0.15, 0.2) is 11.5 Å². The Morgan fingerprint density at radius 2 is 1.86 bits per heavy atom. The molecular weight excluding hydrogens is 379 g/mol. The lowest BCUT2D eigenvalue weighted by Gasteiger charge is -2.24. The SMILES string of the molecule is COc1cccc(-c2nc(C(=O)N(C)C(C)c3ccc(F)cc3)cs2)c1OC. The average molecular weight is 400 g/mol. The Morgan fingerprint density at radius 1 is 1.14 bits per heavy atom. The Balaban J connectivity index is 1.85. The molecule has 146 valence electrons. The second-order valence-corrected chi connectivity index (χ2v) is 7.08. The summed E-state index contributed by atoms with van der Waals surface area (Å²) in [5, 5.41) is 2.40. The van der Waals surface area contributed by atoms with Gasteiger partial charge in [0.1, 0.15) is 16.5 Å². The fourth-order valence-corrected chi connectivity index (χ4v) is 3.69. The second-order valence-electron chi connectivity index (χ2n) is 6.22. The number of methoxy groups -OCH3 is 2. The van der Waals surface area contributed by atoms with Crippen molar-refractivity contribution in [3.8, 4) is 22.1 Å². The van der Waals surface area contributed by atoms with Crippen molar-refractivity contribution in [3.63, 3.8) is 0 Å². The number of rotatable bonds is 6. The lowest BCUT2D eigenvalue weighted by Crippen LogP contribution is -2.29. The Bertz CT molecular complexity index is 972. The number of hydrogen-bond acceptors (Lipinski definition) is 5. The lowest BCUT2D eigenvalue weighted by atomic mass is 10.1. The van der Waals surface area contributed by atoms with E-state index in [0.717, 1.165) is 11.1 Å². The zero-order valence-electron chi connectivity index (χ0n) is 16.1. The summed E-state index contributed by atoms with van der Waals surface area (Å²) < 4.78 is 23.9. The van der Waals surface area contributed by atoms with Crippen LogP contribution in [0.5, 0.6) is 11.5 Å². The number of nitrogens with zero attached hydrogens (tertiary/aromatic N) is 2.